The first-order valence-electron chi connectivity index (χ1n) is 4.77. The second-order valence-corrected chi connectivity index (χ2v) is 3.44. The van der Waals surface area contributed by atoms with Crippen molar-refractivity contribution < 1.29 is 19.3 Å². The predicted octanol–water partition coefficient (Wildman–Crippen LogP) is 0.939. The molecule has 18 heavy (non-hydrogen) atoms. The summed E-state index contributed by atoms with van der Waals surface area (Å²) in [5, 5.41) is 10.8. The van der Waals surface area contributed by atoms with Crippen molar-refractivity contribution in [2.75, 3.05) is 6.61 Å². The summed E-state index contributed by atoms with van der Waals surface area (Å²) < 4.78 is 5.10. The number of benzene rings is 1. The minimum Gasteiger partial charge on any atom is -0.485 e. The molecule has 0 aliphatic carbocycles. The van der Waals surface area contributed by atoms with Gasteiger partial charge < -0.3 is 9.57 Å². The monoisotopic (exact) mass is 275 g/mol. The molecule has 1 aromatic carbocycles. The second-order valence-electron chi connectivity index (χ2n) is 3.04. The lowest BCUT2D eigenvalue weighted by atomic mass is 10.3. The first-order chi connectivity index (χ1) is 8.56. The Morgan fingerprint density at radius 1 is 1.56 bits per heavy atom. The summed E-state index contributed by atoms with van der Waals surface area (Å²) in [5.41, 5.74) is 1.45. The SMILES string of the molecule is NNOC(=O)CCOc1c(Cl)cccc1[N+](=O)[O-]. The number of nitrogens with zero attached hydrogens (tertiary/aromatic N) is 1. The summed E-state index contributed by atoms with van der Waals surface area (Å²) in [6.45, 7) is -0.120. The van der Waals surface area contributed by atoms with E-state index in [2.05, 4.69) is 4.84 Å². The van der Waals surface area contributed by atoms with Crippen molar-refractivity contribution >= 4 is 23.3 Å². The average molecular weight is 276 g/mol. The maximum absolute atomic E-state index is 10.9. The van der Waals surface area contributed by atoms with E-state index in [0.29, 0.717) is 0 Å². The van der Waals surface area contributed by atoms with Crippen molar-refractivity contribution in [2.24, 2.45) is 5.84 Å². The Labute approximate surface area is 107 Å². The summed E-state index contributed by atoms with van der Waals surface area (Å²) in [5.74, 6) is 4.01. The molecule has 3 N–H and O–H groups in total. The topological polar surface area (TPSA) is 117 Å². The molecule has 8 nitrogen and oxygen atoms in total. The standard InChI is InChI=1S/C9H10ClN3O5/c10-6-2-1-3-7(13(15)16)9(6)17-5-4-8(14)18-12-11/h1-3,12H,4-5,11H2. The zero-order valence-electron chi connectivity index (χ0n) is 9.09. The molecule has 9 heteroatoms. The number of carbonyl (C=O) groups is 1. The molecule has 98 valence electrons. The molecular weight excluding hydrogens is 266 g/mol. The molecule has 0 saturated heterocycles. The quantitative estimate of drug-likeness (QED) is 0.451. The number of nitro benzene ring substituents is 1. The van der Waals surface area contributed by atoms with Gasteiger partial charge in [-0.1, -0.05) is 23.3 Å². The molecule has 0 aromatic heterocycles. The molecule has 0 heterocycles. The lowest BCUT2D eigenvalue weighted by Gasteiger charge is -2.07. The zero-order chi connectivity index (χ0) is 13.5. The molecule has 0 bridgehead atoms. The Balaban J connectivity index is 2.67. The van der Waals surface area contributed by atoms with Crippen LogP contribution in [-0.4, -0.2) is 17.5 Å². The van der Waals surface area contributed by atoms with Crippen LogP contribution in [0, 0.1) is 10.1 Å². The highest BCUT2D eigenvalue weighted by atomic mass is 35.5. The van der Waals surface area contributed by atoms with Crippen LogP contribution in [0.15, 0.2) is 18.2 Å². The number of nitro groups is 1. The minimum atomic E-state index is -0.660. The van der Waals surface area contributed by atoms with E-state index < -0.39 is 10.9 Å². The summed E-state index contributed by atoms with van der Waals surface area (Å²) in [6.07, 6.45) is -0.132. The molecule has 1 rings (SSSR count). The molecule has 0 saturated carbocycles. The number of carbonyl (C=O) groups excluding carboxylic acids is 1. The molecule has 0 spiro atoms. The van der Waals surface area contributed by atoms with Crippen LogP contribution >= 0.6 is 11.6 Å². The Hall–Kier alpha value is -1.90. The van der Waals surface area contributed by atoms with Gasteiger partial charge in [-0.2, -0.15) is 0 Å². The van der Waals surface area contributed by atoms with Crippen molar-refractivity contribution in [3.05, 3.63) is 33.3 Å². The number of nitrogens with one attached hydrogen (secondary N) is 1. The van der Waals surface area contributed by atoms with Gasteiger partial charge in [0.1, 0.15) is 0 Å². The fraction of sp³-hybridized carbons (Fsp3) is 0.222. The Kier molecular flexibility index (Phi) is 5.31. The van der Waals surface area contributed by atoms with Crippen LogP contribution in [0.1, 0.15) is 6.42 Å². The van der Waals surface area contributed by atoms with E-state index in [4.69, 9.17) is 22.2 Å². The smallest absolute Gasteiger partial charge is 0.329 e. The first-order valence-corrected chi connectivity index (χ1v) is 5.15. The van der Waals surface area contributed by atoms with Crippen molar-refractivity contribution in [3.63, 3.8) is 0 Å². The third-order valence-corrected chi connectivity index (χ3v) is 2.17. The number of nitrogens with two attached hydrogens (primary N) is 1. The predicted molar refractivity (Wildman–Crippen MR) is 61.6 cm³/mol. The van der Waals surface area contributed by atoms with Crippen LogP contribution in [0.5, 0.6) is 5.75 Å². The third-order valence-electron chi connectivity index (χ3n) is 1.87. The average Bonchev–Trinajstić information content (AvgIpc) is 2.31. The van der Waals surface area contributed by atoms with Gasteiger partial charge in [-0.05, 0) is 6.07 Å². The Morgan fingerprint density at radius 3 is 2.89 bits per heavy atom. The zero-order valence-corrected chi connectivity index (χ0v) is 9.85. The Bertz CT molecular complexity index is 454. The van der Waals surface area contributed by atoms with Gasteiger partial charge >= 0.3 is 11.7 Å². The summed E-state index contributed by atoms with van der Waals surface area (Å²) in [6, 6.07) is 4.13. The van der Waals surface area contributed by atoms with Crippen molar-refractivity contribution in [1.82, 2.24) is 5.59 Å². The molecular formula is C9H10ClN3O5. The third kappa shape index (κ3) is 3.84. The number of rotatable bonds is 6. The minimum absolute atomic E-state index is 0.0855. The summed E-state index contributed by atoms with van der Waals surface area (Å²) >= 11 is 5.77. The first kappa shape index (κ1) is 14.2. The number of halogens is 1. The number of para-hydroxylation sites is 1. The van der Waals surface area contributed by atoms with Crippen LogP contribution in [0.4, 0.5) is 5.69 Å². The van der Waals surface area contributed by atoms with Gasteiger partial charge in [-0.3, -0.25) is 14.9 Å². The fourth-order valence-corrected chi connectivity index (χ4v) is 1.36. The molecule has 0 aliphatic rings. The van der Waals surface area contributed by atoms with Crippen LogP contribution in [-0.2, 0) is 9.63 Å². The van der Waals surface area contributed by atoms with Gasteiger partial charge in [-0.15, -0.1) is 0 Å². The lowest BCUT2D eigenvalue weighted by molar-refractivity contribution is -0.385. The molecule has 0 radical (unpaired) electrons. The van der Waals surface area contributed by atoms with Gasteiger partial charge in [0.25, 0.3) is 0 Å². The highest BCUT2D eigenvalue weighted by Gasteiger charge is 2.18. The van der Waals surface area contributed by atoms with E-state index in [1.54, 1.807) is 5.59 Å². The maximum Gasteiger partial charge on any atom is 0.329 e. The van der Waals surface area contributed by atoms with Crippen molar-refractivity contribution in [2.45, 2.75) is 6.42 Å². The van der Waals surface area contributed by atoms with E-state index in [1.165, 1.54) is 18.2 Å². The van der Waals surface area contributed by atoms with Crippen LogP contribution in [0.2, 0.25) is 5.02 Å². The van der Waals surface area contributed by atoms with Gasteiger partial charge in [0.05, 0.1) is 23.0 Å². The highest BCUT2D eigenvalue weighted by Crippen LogP contribution is 2.34. The molecule has 0 amide bonds. The largest absolute Gasteiger partial charge is 0.485 e. The van der Waals surface area contributed by atoms with Crippen LogP contribution in [0.3, 0.4) is 0 Å². The fourth-order valence-electron chi connectivity index (χ4n) is 1.14. The Morgan fingerprint density at radius 2 is 2.28 bits per heavy atom. The molecule has 0 aliphatic heterocycles. The number of hydrazine groups is 1. The number of ether oxygens (including phenoxy) is 1. The molecule has 1 aromatic rings. The normalized spacial score (nSPS) is 9.89. The van der Waals surface area contributed by atoms with Gasteiger partial charge in [0, 0.05) is 6.07 Å². The van der Waals surface area contributed by atoms with Crippen LogP contribution in [0.25, 0.3) is 0 Å². The van der Waals surface area contributed by atoms with Gasteiger partial charge in [0.2, 0.25) is 5.75 Å². The lowest BCUT2D eigenvalue weighted by Crippen LogP contribution is -2.27. The van der Waals surface area contributed by atoms with Crippen molar-refractivity contribution in [1.29, 1.82) is 0 Å². The highest BCUT2D eigenvalue weighted by molar-refractivity contribution is 6.32. The molecule has 0 unspecified atom stereocenters. The maximum atomic E-state index is 10.9. The second kappa shape index (κ2) is 6.74. The molecule has 0 fully saturated rings. The summed E-state index contributed by atoms with van der Waals surface area (Å²) in [4.78, 5) is 25.3. The van der Waals surface area contributed by atoms with E-state index in [0.717, 1.165) is 0 Å². The molecule has 0 atom stereocenters. The number of hydrogen-bond acceptors (Lipinski definition) is 7. The van der Waals surface area contributed by atoms with Crippen LogP contribution < -0.4 is 16.2 Å². The van der Waals surface area contributed by atoms with E-state index >= 15 is 0 Å². The van der Waals surface area contributed by atoms with E-state index in [9.17, 15) is 14.9 Å². The van der Waals surface area contributed by atoms with Gasteiger partial charge in [0.15, 0.2) is 0 Å². The summed E-state index contributed by atoms with van der Waals surface area (Å²) in [7, 11) is 0. The van der Waals surface area contributed by atoms with Gasteiger partial charge in [-0.25, -0.2) is 5.84 Å². The number of hydrogen-bond donors (Lipinski definition) is 2. The van der Waals surface area contributed by atoms with E-state index in [1.807, 2.05) is 0 Å². The van der Waals surface area contributed by atoms with Crippen molar-refractivity contribution in [3.8, 4) is 5.75 Å². The van der Waals surface area contributed by atoms with E-state index in [-0.39, 0.29) is 29.5 Å².